The number of nitrogens with zero attached hydrogens (tertiary/aromatic N) is 2. The van der Waals surface area contributed by atoms with Crippen molar-refractivity contribution in [3.8, 4) is 0 Å². The van der Waals surface area contributed by atoms with Crippen LogP contribution in [0.25, 0.3) is 0 Å². The second-order valence-corrected chi connectivity index (χ2v) is 5.00. The Morgan fingerprint density at radius 3 is 2.58 bits per heavy atom. The summed E-state index contributed by atoms with van der Waals surface area (Å²) in [5.41, 5.74) is 1.30. The van der Waals surface area contributed by atoms with Gasteiger partial charge in [-0.1, -0.05) is 36.4 Å². The Bertz CT molecular complexity index is 541. The van der Waals surface area contributed by atoms with Gasteiger partial charge in [0.25, 0.3) is 5.82 Å². The van der Waals surface area contributed by atoms with Gasteiger partial charge < -0.3 is 5.21 Å². The fourth-order valence-corrected chi connectivity index (χ4v) is 2.87. The topological polar surface area (TPSA) is 30.2 Å². The van der Waals surface area contributed by atoms with Crippen molar-refractivity contribution >= 4 is 5.82 Å². The van der Waals surface area contributed by atoms with E-state index in [4.69, 9.17) is 0 Å². The summed E-state index contributed by atoms with van der Waals surface area (Å²) >= 11 is 0. The van der Waals surface area contributed by atoms with Gasteiger partial charge in [-0.05, 0) is 30.9 Å². The molecule has 3 rings (SSSR count). The van der Waals surface area contributed by atoms with E-state index in [0.29, 0.717) is 6.04 Å². The summed E-state index contributed by atoms with van der Waals surface area (Å²) in [5.74, 6) is 0.760. The van der Waals surface area contributed by atoms with Crippen LogP contribution in [0.15, 0.2) is 54.7 Å². The molecule has 19 heavy (non-hydrogen) atoms. The third-order valence-electron chi connectivity index (χ3n) is 3.79. The maximum Gasteiger partial charge on any atom is 0.280 e. The molecule has 0 radical (unpaired) electrons. The van der Waals surface area contributed by atoms with E-state index >= 15 is 0 Å². The Kier molecular flexibility index (Phi) is 3.36. The molecule has 1 atom stereocenters. The lowest BCUT2D eigenvalue weighted by Crippen LogP contribution is -2.42. The van der Waals surface area contributed by atoms with Crippen molar-refractivity contribution in [3.05, 3.63) is 65.5 Å². The van der Waals surface area contributed by atoms with Gasteiger partial charge in [-0.3, -0.25) is 4.90 Å². The molecule has 2 aromatic rings. The van der Waals surface area contributed by atoms with Crippen LogP contribution < -0.4 is 9.63 Å². The number of aromatic nitrogens is 1. The smallest absolute Gasteiger partial charge is 0.280 e. The first kappa shape index (κ1) is 12.0. The number of piperidine rings is 1. The molecular formula is C16H18N2O. The molecule has 0 spiro atoms. The van der Waals surface area contributed by atoms with E-state index in [9.17, 15) is 5.21 Å². The number of benzene rings is 1. The molecule has 3 nitrogen and oxygen atoms in total. The van der Waals surface area contributed by atoms with E-state index in [1.807, 2.05) is 18.2 Å². The lowest BCUT2D eigenvalue weighted by molar-refractivity contribution is -0.592. The first-order chi connectivity index (χ1) is 9.36. The second kappa shape index (κ2) is 5.31. The molecule has 1 saturated heterocycles. The van der Waals surface area contributed by atoms with Gasteiger partial charge in [0, 0.05) is 6.07 Å². The summed E-state index contributed by atoms with van der Waals surface area (Å²) in [5, 5.41) is 12.0. The van der Waals surface area contributed by atoms with Gasteiger partial charge in [0.15, 0.2) is 0 Å². The fourth-order valence-electron chi connectivity index (χ4n) is 2.87. The third kappa shape index (κ3) is 2.41. The summed E-state index contributed by atoms with van der Waals surface area (Å²) in [6.07, 6.45) is 5.06. The summed E-state index contributed by atoms with van der Waals surface area (Å²) in [6, 6.07) is 16.4. The van der Waals surface area contributed by atoms with Crippen molar-refractivity contribution in [2.75, 3.05) is 11.4 Å². The number of hydrogen-bond acceptors (Lipinski definition) is 2. The second-order valence-electron chi connectivity index (χ2n) is 5.00. The van der Waals surface area contributed by atoms with Gasteiger partial charge in [0.05, 0.1) is 12.7 Å². The van der Waals surface area contributed by atoms with Gasteiger partial charge >= 0.3 is 0 Å². The maximum absolute atomic E-state index is 12.0. The number of anilines is 1. The lowest BCUT2D eigenvalue weighted by Gasteiger charge is -2.32. The quantitative estimate of drug-likeness (QED) is 0.609. The third-order valence-corrected chi connectivity index (χ3v) is 3.79. The standard InChI is InChI=1S/C16H18N2O/c19-18-13-7-5-11-16(18)17-12-6-4-10-15(17)14-8-2-1-3-9-14/h1-3,5,7-9,11,13,15H,4,6,10,12H2/t15-/m0/s1. The van der Waals surface area contributed by atoms with Gasteiger partial charge in [0.2, 0.25) is 0 Å². The first-order valence-electron chi connectivity index (χ1n) is 6.86. The normalized spacial score (nSPS) is 19.4. The minimum absolute atomic E-state index is 0.317. The predicted molar refractivity (Wildman–Crippen MR) is 75.8 cm³/mol. The zero-order valence-electron chi connectivity index (χ0n) is 10.9. The van der Waals surface area contributed by atoms with Crippen molar-refractivity contribution in [2.24, 2.45) is 0 Å². The molecule has 0 unspecified atom stereocenters. The summed E-state index contributed by atoms with van der Waals surface area (Å²) in [6.45, 7) is 0.950. The average Bonchev–Trinajstić information content (AvgIpc) is 2.49. The highest BCUT2D eigenvalue weighted by Gasteiger charge is 2.31. The van der Waals surface area contributed by atoms with Crippen LogP contribution in [0.1, 0.15) is 30.9 Å². The zero-order chi connectivity index (χ0) is 13.1. The lowest BCUT2D eigenvalue weighted by atomic mass is 9.95. The van der Waals surface area contributed by atoms with Crippen LogP contribution in [-0.2, 0) is 0 Å². The van der Waals surface area contributed by atoms with E-state index in [0.717, 1.165) is 29.9 Å². The fraction of sp³-hybridized carbons (Fsp3) is 0.312. The molecule has 0 aliphatic carbocycles. The largest absolute Gasteiger partial charge is 0.711 e. The highest BCUT2D eigenvalue weighted by molar-refractivity contribution is 5.39. The van der Waals surface area contributed by atoms with Crippen molar-refractivity contribution in [1.29, 1.82) is 0 Å². The highest BCUT2D eigenvalue weighted by Crippen LogP contribution is 2.33. The molecule has 1 aliphatic heterocycles. The monoisotopic (exact) mass is 254 g/mol. The Labute approximate surface area is 113 Å². The van der Waals surface area contributed by atoms with Gasteiger partial charge in [-0.15, -0.1) is 0 Å². The average molecular weight is 254 g/mol. The Morgan fingerprint density at radius 2 is 1.79 bits per heavy atom. The van der Waals surface area contributed by atoms with Crippen molar-refractivity contribution in [1.82, 2.24) is 0 Å². The molecular weight excluding hydrogens is 236 g/mol. The zero-order valence-corrected chi connectivity index (χ0v) is 10.9. The Balaban J connectivity index is 1.96. The molecule has 1 fully saturated rings. The van der Waals surface area contributed by atoms with Crippen molar-refractivity contribution < 1.29 is 4.73 Å². The Morgan fingerprint density at radius 1 is 1.00 bits per heavy atom. The predicted octanol–water partition coefficient (Wildman–Crippen LogP) is 3.05. The van der Waals surface area contributed by atoms with Crippen molar-refractivity contribution in [3.63, 3.8) is 0 Å². The maximum atomic E-state index is 12.0. The molecule has 0 N–H and O–H groups in total. The summed E-state index contributed by atoms with van der Waals surface area (Å²) < 4.78 is 0.973. The van der Waals surface area contributed by atoms with Gasteiger partial charge in [-0.25, -0.2) is 4.73 Å². The molecule has 0 amide bonds. The van der Waals surface area contributed by atoms with Gasteiger partial charge in [-0.2, -0.15) is 0 Å². The summed E-state index contributed by atoms with van der Waals surface area (Å²) in [7, 11) is 0. The SMILES string of the molecule is [O-][n+]1ccccc1N1CCCC[C@H]1c1ccccc1. The molecule has 0 saturated carbocycles. The van der Waals surface area contributed by atoms with E-state index in [1.165, 1.54) is 12.0 Å². The molecule has 1 aromatic heterocycles. The van der Waals surface area contributed by atoms with Crippen LogP contribution in [0.3, 0.4) is 0 Å². The van der Waals surface area contributed by atoms with E-state index < -0.39 is 0 Å². The molecule has 3 heteroatoms. The number of rotatable bonds is 2. The summed E-state index contributed by atoms with van der Waals surface area (Å²) in [4.78, 5) is 2.24. The van der Waals surface area contributed by atoms with E-state index in [1.54, 1.807) is 12.3 Å². The van der Waals surface area contributed by atoms with Crippen LogP contribution >= 0.6 is 0 Å². The number of hydrogen-bond donors (Lipinski definition) is 0. The molecule has 1 aromatic carbocycles. The molecule has 1 aliphatic rings. The van der Waals surface area contributed by atoms with E-state index in [2.05, 4.69) is 29.2 Å². The minimum Gasteiger partial charge on any atom is -0.711 e. The van der Waals surface area contributed by atoms with Crippen LogP contribution in [-0.4, -0.2) is 6.54 Å². The molecule has 0 bridgehead atoms. The van der Waals surface area contributed by atoms with E-state index in [-0.39, 0.29) is 0 Å². The van der Waals surface area contributed by atoms with Crippen LogP contribution in [0.5, 0.6) is 0 Å². The van der Waals surface area contributed by atoms with Crippen LogP contribution in [0.2, 0.25) is 0 Å². The number of pyridine rings is 1. The van der Waals surface area contributed by atoms with Gasteiger partial charge in [0.1, 0.15) is 6.04 Å². The molecule has 98 valence electrons. The van der Waals surface area contributed by atoms with Crippen molar-refractivity contribution in [2.45, 2.75) is 25.3 Å². The van der Waals surface area contributed by atoms with Crippen LogP contribution in [0.4, 0.5) is 5.82 Å². The Hall–Kier alpha value is -2.03. The highest BCUT2D eigenvalue weighted by atomic mass is 16.5. The minimum atomic E-state index is 0.317. The first-order valence-corrected chi connectivity index (χ1v) is 6.86. The molecule has 2 heterocycles. The van der Waals surface area contributed by atoms with Crippen LogP contribution in [0, 0.1) is 5.21 Å².